The highest BCUT2D eigenvalue weighted by atomic mass is 16.5. The molecule has 0 aliphatic rings. The quantitative estimate of drug-likeness (QED) is 0.304. The van der Waals surface area contributed by atoms with Gasteiger partial charge in [-0.3, -0.25) is 4.79 Å². The lowest BCUT2D eigenvalue weighted by Crippen LogP contribution is -2.13. The summed E-state index contributed by atoms with van der Waals surface area (Å²) in [5.41, 5.74) is 0.729. The molecule has 100 valence electrons. The molecular formula is C16H12O4. The van der Waals surface area contributed by atoms with Gasteiger partial charge >= 0.3 is 5.97 Å². The predicted octanol–water partition coefficient (Wildman–Crippen LogP) is 2.89. The standard InChI is InChI=1S/C16H12O4/c1-11(17)16(19)20-14-10-6-5-9-13(14)15(18)12-7-3-2-4-8-12/h2-10,17H,1H2. The number of aliphatic hydroxyl groups is 1. The summed E-state index contributed by atoms with van der Waals surface area (Å²) in [5, 5.41) is 8.97. The summed E-state index contributed by atoms with van der Waals surface area (Å²) in [6, 6.07) is 15.0. The van der Waals surface area contributed by atoms with E-state index >= 15 is 0 Å². The molecule has 2 aromatic rings. The van der Waals surface area contributed by atoms with Gasteiger partial charge in [0.25, 0.3) is 0 Å². The molecule has 0 saturated carbocycles. The third-order valence-corrected chi connectivity index (χ3v) is 2.61. The van der Waals surface area contributed by atoms with Gasteiger partial charge in [0.2, 0.25) is 0 Å². The molecule has 0 bridgehead atoms. The first-order chi connectivity index (χ1) is 9.59. The number of aliphatic hydroxyl groups excluding tert-OH is 1. The fraction of sp³-hybridized carbons (Fsp3) is 0. The minimum Gasteiger partial charge on any atom is -0.502 e. The van der Waals surface area contributed by atoms with E-state index in [1.54, 1.807) is 48.5 Å². The second-order valence-corrected chi connectivity index (χ2v) is 4.03. The fourth-order valence-electron chi connectivity index (χ4n) is 1.65. The molecule has 0 aromatic heterocycles. The smallest absolute Gasteiger partial charge is 0.378 e. The molecule has 1 N–H and O–H groups in total. The Kier molecular flexibility index (Phi) is 3.96. The lowest BCUT2D eigenvalue weighted by molar-refractivity contribution is -0.132. The van der Waals surface area contributed by atoms with E-state index < -0.39 is 11.7 Å². The van der Waals surface area contributed by atoms with E-state index in [0.717, 1.165) is 0 Å². The van der Waals surface area contributed by atoms with E-state index in [-0.39, 0.29) is 17.1 Å². The first-order valence-corrected chi connectivity index (χ1v) is 5.88. The van der Waals surface area contributed by atoms with Crippen LogP contribution in [-0.4, -0.2) is 16.9 Å². The molecule has 0 fully saturated rings. The van der Waals surface area contributed by atoms with Crippen LogP contribution in [0.2, 0.25) is 0 Å². The maximum Gasteiger partial charge on any atom is 0.378 e. The number of hydrogen-bond donors (Lipinski definition) is 1. The maximum atomic E-state index is 12.3. The van der Waals surface area contributed by atoms with E-state index in [4.69, 9.17) is 9.84 Å². The molecule has 0 radical (unpaired) electrons. The van der Waals surface area contributed by atoms with Crippen molar-refractivity contribution in [2.45, 2.75) is 0 Å². The summed E-state index contributed by atoms with van der Waals surface area (Å²) >= 11 is 0. The first-order valence-electron chi connectivity index (χ1n) is 5.88. The number of hydrogen-bond acceptors (Lipinski definition) is 4. The lowest BCUT2D eigenvalue weighted by Gasteiger charge is -2.08. The number of para-hydroxylation sites is 1. The number of ether oxygens (including phenoxy) is 1. The Bertz CT molecular complexity index is 659. The first kappa shape index (κ1) is 13.5. The van der Waals surface area contributed by atoms with Crippen molar-refractivity contribution in [1.82, 2.24) is 0 Å². The van der Waals surface area contributed by atoms with Crippen molar-refractivity contribution in [2.24, 2.45) is 0 Å². The molecule has 4 heteroatoms. The molecule has 4 nitrogen and oxygen atoms in total. The SMILES string of the molecule is C=C(O)C(=O)Oc1ccccc1C(=O)c1ccccc1. The molecule has 0 aliphatic carbocycles. The van der Waals surface area contributed by atoms with Crippen molar-refractivity contribution in [1.29, 1.82) is 0 Å². The maximum absolute atomic E-state index is 12.3. The van der Waals surface area contributed by atoms with E-state index in [0.29, 0.717) is 5.56 Å². The monoisotopic (exact) mass is 268 g/mol. The largest absolute Gasteiger partial charge is 0.502 e. The Labute approximate surface area is 115 Å². The number of ketones is 1. The van der Waals surface area contributed by atoms with E-state index in [1.807, 2.05) is 0 Å². The van der Waals surface area contributed by atoms with E-state index in [2.05, 4.69) is 6.58 Å². The zero-order valence-electron chi connectivity index (χ0n) is 10.6. The van der Waals surface area contributed by atoms with Crippen molar-refractivity contribution >= 4 is 11.8 Å². The molecular weight excluding hydrogens is 256 g/mol. The van der Waals surface area contributed by atoms with Gasteiger partial charge in [0.15, 0.2) is 11.5 Å². The highest BCUT2D eigenvalue weighted by molar-refractivity contribution is 6.11. The van der Waals surface area contributed by atoms with Crippen LogP contribution >= 0.6 is 0 Å². The molecule has 2 rings (SSSR count). The van der Waals surface area contributed by atoms with Crippen molar-refractivity contribution in [3.05, 3.63) is 78.1 Å². The normalized spacial score (nSPS) is 9.80. The van der Waals surface area contributed by atoms with Gasteiger partial charge in [-0.05, 0) is 18.7 Å². The molecule has 0 aliphatic heterocycles. The molecule has 0 heterocycles. The Balaban J connectivity index is 2.35. The topological polar surface area (TPSA) is 63.6 Å². The number of rotatable bonds is 4. The summed E-state index contributed by atoms with van der Waals surface area (Å²) in [6.45, 7) is 3.08. The summed E-state index contributed by atoms with van der Waals surface area (Å²) < 4.78 is 4.94. The molecule has 20 heavy (non-hydrogen) atoms. The van der Waals surface area contributed by atoms with Crippen LogP contribution < -0.4 is 4.74 Å². The van der Waals surface area contributed by atoms with Gasteiger partial charge in [-0.2, -0.15) is 0 Å². The van der Waals surface area contributed by atoms with Crippen LogP contribution in [0.15, 0.2) is 66.9 Å². The molecule has 0 saturated heterocycles. The van der Waals surface area contributed by atoms with Crippen LogP contribution in [0, 0.1) is 0 Å². The van der Waals surface area contributed by atoms with Crippen LogP contribution in [0.25, 0.3) is 0 Å². The number of esters is 1. The zero-order valence-corrected chi connectivity index (χ0v) is 10.6. The van der Waals surface area contributed by atoms with Crippen LogP contribution in [0.5, 0.6) is 5.75 Å². The molecule has 0 amide bonds. The van der Waals surface area contributed by atoms with Gasteiger partial charge in [0.1, 0.15) is 5.75 Å². The highest BCUT2D eigenvalue weighted by Crippen LogP contribution is 2.22. The van der Waals surface area contributed by atoms with Crippen LogP contribution in [0.3, 0.4) is 0 Å². The average Bonchev–Trinajstić information content (AvgIpc) is 2.48. The number of carbonyl (C=O) groups is 2. The van der Waals surface area contributed by atoms with Crippen LogP contribution in [0.1, 0.15) is 15.9 Å². The van der Waals surface area contributed by atoms with Crippen LogP contribution in [-0.2, 0) is 4.79 Å². The number of benzene rings is 2. The summed E-state index contributed by atoms with van der Waals surface area (Å²) in [7, 11) is 0. The average molecular weight is 268 g/mol. The third-order valence-electron chi connectivity index (χ3n) is 2.61. The van der Waals surface area contributed by atoms with Crippen molar-refractivity contribution in [3.63, 3.8) is 0 Å². The Hall–Kier alpha value is -2.88. The van der Waals surface area contributed by atoms with Gasteiger partial charge in [-0.1, -0.05) is 42.5 Å². The van der Waals surface area contributed by atoms with Gasteiger partial charge < -0.3 is 9.84 Å². The lowest BCUT2D eigenvalue weighted by atomic mass is 10.0. The summed E-state index contributed by atoms with van der Waals surface area (Å²) in [6.07, 6.45) is 0. The van der Waals surface area contributed by atoms with E-state index in [1.165, 1.54) is 6.07 Å². The van der Waals surface area contributed by atoms with Gasteiger partial charge in [0.05, 0.1) is 5.56 Å². The Morgan fingerprint density at radius 2 is 1.55 bits per heavy atom. The van der Waals surface area contributed by atoms with Crippen molar-refractivity contribution in [3.8, 4) is 5.75 Å². The van der Waals surface area contributed by atoms with Gasteiger partial charge in [-0.15, -0.1) is 0 Å². The van der Waals surface area contributed by atoms with Crippen molar-refractivity contribution < 1.29 is 19.4 Å². The Morgan fingerprint density at radius 1 is 0.950 bits per heavy atom. The zero-order chi connectivity index (χ0) is 14.5. The molecule has 0 unspecified atom stereocenters. The van der Waals surface area contributed by atoms with Gasteiger partial charge in [-0.25, -0.2) is 4.79 Å². The van der Waals surface area contributed by atoms with Gasteiger partial charge in [0, 0.05) is 5.56 Å². The summed E-state index contributed by atoms with van der Waals surface area (Å²) in [5.74, 6) is -1.88. The third kappa shape index (κ3) is 2.92. The van der Waals surface area contributed by atoms with Crippen LogP contribution in [0.4, 0.5) is 0 Å². The minimum atomic E-state index is -0.988. The molecule has 0 spiro atoms. The van der Waals surface area contributed by atoms with Crippen molar-refractivity contribution in [2.75, 3.05) is 0 Å². The Morgan fingerprint density at radius 3 is 2.20 bits per heavy atom. The molecule has 0 atom stereocenters. The predicted molar refractivity (Wildman–Crippen MR) is 73.7 cm³/mol. The second-order valence-electron chi connectivity index (χ2n) is 4.03. The van der Waals surface area contributed by atoms with E-state index in [9.17, 15) is 9.59 Å². The highest BCUT2D eigenvalue weighted by Gasteiger charge is 2.17. The number of carbonyl (C=O) groups excluding carboxylic acids is 2. The summed E-state index contributed by atoms with van der Waals surface area (Å²) in [4.78, 5) is 23.7. The minimum absolute atomic E-state index is 0.0848. The second kappa shape index (κ2) is 5.84. The molecule has 2 aromatic carbocycles. The fourth-order valence-corrected chi connectivity index (χ4v) is 1.65.